The first-order valence-electron chi connectivity index (χ1n) is 7.44. The summed E-state index contributed by atoms with van der Waals surface area (Å²) in [5.74, 6) is -0.0751. The molecule has 3 aromatic rings. The Balaban J connectivity index is 1.95. The number of fused-ring (bicyclic) bond motifs is 1. The summed E-state index contributed by atoms with van der Waals surface area (Å²) in [6, 6.07) is 11.7. The zero-order valence-electron chi connectivity index (χ0n) is 13.4. The summed E-state index contributed by atoms with van der Waals surface area (Å²) >= 11 is 0. The fourth-order valence-electron chi connectivity index (χ4n) is 2.68. The first-order chi connectivity index (χ1) is 10.5. The van der Waals surface area contributed by atoms with E-state index in [2.05, 4.69) is 17.2 Å². The number of carbonyl (C=O) groups is 1. The number of carbonyl (C=O) groups excluding carboxylic acids is 1. The van der Waals surface area contributed by atoms with Crippen LogP contribution in [-0.2, 0) is 0 Å². The molecule has 0 saturated carbocycles. The highest BCUT2D eigenvalue weighted by Crippen LogP contribution is 2.24. The number of hydrogen-bond acceptors (Lipinski definition) is 1. The summed E-state index contributed by atoms with van der Waals surface area (Å²) in [6.07, 6.45) is 0. The minimum atomic E-state index is -0.0751. The molecule has 112 valence electrons. The van der Waals surface area contributed by atoms with Crippen LogP contribution in [0.25, 0.3) is 10.9 Å². The molecule has 1 aromatic heterocycles. The van der Waals surface area contributed by atoms with Crippen molar-refractivity contribution in [3.05, 3.63) is 64.3 Å². The van der Waals surface area contributed by atoms with Gasteiger partial charge in [-0.15, -0.1) is 0 Å². The van der Waals surface area contributed by atoms with Crippen LogP contribution in [-0.4, -0.2) is 10.9 Å². The van der Waals surface area contributed by atoms with Crippen molar-refractivity contribution in [2.24, 2.45) is 0 Å². The van der Waals surface area contributed by atoms with Crippen LogP contribution in [0.5, 0.6) is 0 Å². The Morgan fingerprint density at radius 3 is 2.55 bits per heavy atom. The number of H-pyrrole nitrogens is 1. The lowest BCUT2D eigenvalue weighted by Crippen LogP contribution is -2.13. The van der Waals surface area contributed by atoms with Crippen LogP contribution >= 0.6 is 0 Å². The fourth-order valence-corrected chi connectivity index (χ4v) is 2.68. The standard InChI is InChI=1S/C19H20N2O/c1-11-6-5-7-17(12(11)2)21-19(22)15-8-9-18-16(10-15)13(3)14(4)20-18/h5-10,20H,1-4H3,(H,21,22). The van der Waals surface area contributed by atoms with Gasteiger partial charge in [0.1, 0.15) is 0 Å². The van der Waals surface area contributed by atoms with Gasteiger partial charge in [-0.1, -0.05) is 12.1 Å². The molecular weight excluding hydrogens is 272 g/mol. The Hall–Kier alpha value is -2.55. The zero-order chi connectivity index (χ0) is 15.9. The molecule has 0 unspecified atom stereocenters. The lowest BCUT2D eigenvalue weighted by molar-refractivity contribution is 0.102. The summed E-state index contributed by atoms with van der Waals surface area (Å²) < 4.78 is 0. The highest BCUT2D eigenvalue weighted by molar-refractivity contribution is 6.07. The maximum atomic E-state index is 12.5. The summed E-state index contributed by atoms with van der Waals surface area (Å²) in [5, 5.41) is 4.11. The topological polar surface area (TPSA) is 44.9 Å². The highest BCUT2D eigenvalue weighted by atomic mass is 16.1. The number of anilines is 1. The van der Waals surface area contributed by atoms with Crippen molar-refractivity contribution in [3.8, 4) is 0 Å². The monoisotopic (exact) mass is 292 g/mol. The third-order valence-corrected chi connectivity index (χ3v) is 4.42. The molecule has 0 aliphatic heterocycles. The number of rotatable bonds is 2. The van der Waals surface area contributed by atoms with E-state index in [1.165, 1.54) is 11.1 Å². The van der Waals surface area contributed by atoms with Gasteiger partial charge in [-0.2, -0.15) is 0 Å². The number of aromatic nitrogens is 1. The molecule has 3 heteroatoms. The Kier molecular flexibility index (Phi) is 3.49. The Morgan fingerprint density at radius 1 is 1.00 bits per heavy atom. The highest BCUT2D eigenvalue weighted by Gasteiger charge is 2.11. The molecule has 0 radical (unpaired) electrons. The minimum absolute atomic E-state index is 0.0751. The molecular formula is C19H20N2O. The Morgan fingerprint density at radius 2 is 1.77 bits per heavy atom. The largest absolute Gasteiger partial charge is 0.358 e. The zero-order valence-corrected chi connectivity index (χ0v) is 13.4. The number of benzene rings is 2. The SMILES string of the molecule is Cc1cccc(NC(=O)c2ccc3[nH]c(C)c(C)c3c2)c1C. The van der Waals surface area contributed by atoms with Crippen LogP contribution in [0.2, 0.25) is 0 Å². The molecule has 0 atom stereocenters. The summed E-state index contributed by atoms with van der Waals surface area (Å²) in [5.41, 5.74) is 7.22. The van der Waals surface area contributed by atoms with Crippen LogP contribution in [0.4, 0.5) is 5.69 Å². The second kappa shape index (κ2) is 5.34. The van der Waals surface area contributed by atoms with E-state index < -0.39 is 0 Å². The normalized spacial score (nSPS) is 10.9. The van der Waals surface area contributed by atoms with Crippen molar-refractivity contribution in [3.63, 3.8) is 0 Å². The van der Waals surface area contributed by atoms with Gasteiger partial charge in [0.05, 0.1) is 0 Å². The van der Waals surface area contributed by atoms with Crippen molar-refractivity contribution in [2.45, 2.75) is 27.7 Å². The van der Waals surface area contributed by atoms with Gasteiger partial charge in [0.25, 0.3) is 5.91 Å². The molecule has 0 fully saturated rings. The van der Waals surface area contributed by atoms with Gasteiger partial charge in [-0.3, -0.25) is 4.79 Å². The van der Waals surface area contributed by atoms with E-state index in [-0.39, 0.29) is 5.91 Å². The van der Waals surface area contributed by atoms with E-state index in [9.17, 15) is 4.79 Å². The van der Waals surface area contributed by atoms with Crippen molar-refractivity contribution in [1.82, 2.24) is 4.98 Å². The summed E-state index contributed by atoms with van der Waals surface area (Å²) in [7, 11) is 0. The fraction of sp³-hybridized carbons (Fsp3) is 0.211. The van der Waals surface area contributed by atoms with E-state index in [0.29, 0.717) is 5.56 Å². The van der Waals surface area contributed by atoms with Gasteiger partial charge >= 0.3 is 0 Å². The first-order valence-corrected chi connectivity index (χ1v) is 7.44. The van der Waals surface area contributed by atoms with Crippen molar-refractivity contribution in [1.29, 1.82) is 0 Å². The van der Waals surface area contributed by atoms with Crippen LogP contribution < -0.4 is 5.32 Å². The number of aromatic amines is 1. The lowest BCUT2D eigenvalue weighted by atomic mass is 10.1. The number of aryl methyl sites for hydroxylation is 3. The van der Waals surface area contributed by atoms with Crippen LogP contribution in [0.1, 0.15) is 32.7 Å². The molecule has 0 aliphatic rings. The predicted molar refractivity (Wildman–Crippen MR) is 91.6 cm³/mol. The molecule has 2 N–H and O–H groups in total. The molecule has 0 saturated heterocycles. The molecule has 2 aromatic carbocycles. The van der Waals surface area contributed by atoms with Crippen LogP contribution in [0, 0.1) is 27.7 Å². The minimum Gasteiger partial charge on any atom is -0.358 e. The van der Waals surface area contributed by atoms with Crippen LogP contribution in [0.15, 0.2) is 36.4 Å². The molecule has 3 rings (SSSR count). The summed E-state index contributed by atoms with van der Waals surface area (Å²) in [4.78, 5) is 15.8. The van der Waals surface area contributed by atoms with Gasteiger partial charge in [-0.25, -0.2) is 0 Å². The number of nitrogens with one attached hydrogen (secondary N) is 2. The maximum absolute atomic E-state index is 12.5. The van der Waals surface area contributed by atoms with E-state index in [1.807, 2.05) is 57.2 Å². The van der Waals surface area contributed by atoms with Crippen molar-refractivity contribution >= 4 is 22.5 Å². The third-order valence-electron chi connectivity index (χ3n) is 4.42. The molecule has 0 spiro atoms. The molecule has 1 amide bonds. The van der Waals surface area contributed by atoms with Gasteiger partial charge in [0.15, 0.2) is 0 Å². The number of hydrogen-bond donors (Lipinski definition) is 2. The Labute approximate surface area is 130 Å². The first kappa shape index (κ1) is 14.4. The summed E-state index contributed by atoms with van der Waals surface area (Å²) in [6.45, 7) is 8.18. The molecule has 0 bridgehead atoms. The van der Waals surface area contributed by atoms with E-state index >= 15 is 0 Å². The average Bonchev–Trinajstić information content (AvgIpc) is 2.78. The number of amides is 1. The van der Waals surface area contributed by atoms with Crippen molar-refractivity contribution < 1.29 is 4.79 Å². The Bertz CT molecular complexity index is 875. The second-order valence-electron chi connectivity index (χ2n) is 5.84. The van der Waals surface area contributed by atoms with Gasteiger partial charge < -0.3 is 10.3 Å². The average molecular weight is 292 g/mol. The third kappa shape index (κ3) is 2.39. The second-order valence-corrected chi connectivity index (χ2v) is 5.84. The van der Waals surface area contributed by atoms with Gasteiger partial charge in [0.2, 0.25) is 0 Å². The van der Waals surface area contributed by atoms with Gasteiger partial charge in [0, 0.05) is 27.8 Å². The molecule has 0 aliphatic carbocycles. The predicted octanol–water partition coefficient (Wildman–Crippen LogP) is 4.65. The maximum Gasteiger partial charge on any atom is 0.255 e. The quantitative estimate of drug-likeness (QED) is 0.709. The molecule has 3 nitrogen and oxygen atoms in total. The van der Waals surface area contributed by atoms with Crippen molar-refractivity contribution in [2.75, 3.05) is 5.32 Å². The molecule has 1 heterocycles. The van der Waals surface area contributed by atoms with E-state index in [0.717, 1.165) is 27.8 Å². The van der Waals surface area contributed by atoms with Crippen LogP contribution in [0.3, 0.4) is 0 Å². The van der Waals surface area contributed by atoms with E-state index in [4.69, 9.17) is 0 Å². The smallest absolute Gasteiger partial charge is 0.255 e. The van der Waals surface area contributed by atoms with Gasteiger partial charge in [-0.05, 0) is 68.7 Å². The van der Waals surface area contributed by atoms with E-state index in [1.54, 1.807) is 0 Å². The lowest BCUT2D eigenvalue weighted by Gasteiger charge is -2.10. The molecule has 22 heavy (non-hydrogen) atoms.